The molecule has 1 aromatic carbocycles. The van der Waals surface area contributed by atoms with Crippen LogP contribution in [-0.2, 0) is 6.54 Å². The summed E-state index contributed by atoms with van der Waals surface area (Å²) in [6, 6.07) is 3.77. The highest BCUT2D eigenvalue weighted by molar-refractivity contribution is 5.19. The molecule has 15 heavy (non-hydrogen) atoms. The van der Waals surface area contributed by atoms with E-state index >= 15 is 0 Å². The summed E-state index contributed by atoms with van der Waals surface area (Å²) >= 11 is 0. The lowest BCUT2D eigenvalue weighted by Crippen LogP contribution is -2.26. The normalized spacial score (nSPS) is 12.8. The zero-order valence-corrected chi connectivity index (χ0v) is 8.63. The minimum atomic E-state index is -0.562. The van der Waals surface area contributed by atoms with Gasteiger partial charge in [-0.25, -0.2) is 8.78 Å². The fourth-order valence-corrected chi connectivity index (χ4v) is 1.21. The van der Waals surface area contributed by atoms with E-state index in [0.717, 1.165) is 0 Å². The molecule has 0 bridgehead atoms. The minimum Gasteiger partial charge on any atom is -0.392 e. The summed E-state index contributed by atoms with van der Waals surface area (Å²) in [6.45, 7) is 2.27. The van der Waals surface area contributed by atoms with E-state index in [-0.39, 0.29) is 12.1 Å². The van der Waals surface area contributed by atoms with Gasteiger partial charge in [0.15, 0.2) is 0 Å². The minimum absolute atomic E-state index is 0.0146. The summed E-state index contributed by atoms with van der Waals surface area (Å²) < 4.78 is 26.2. The number of rotatable bonds is 5. The van der Waals surface area contributed by atoms with E-state index in [4.69, 9.17) is 0 Å². The van der Waals surface area contributed by atoms with E-state index in [9.17, 15) is 13.9 Å². The van der Waals surface area contributed by atoms with Crippen molar-refractivity contribution in [2.24, 2.45) is 0 Å². The van der Waals surface area contributed by atoms with E-state index in [0.29, 0.717) is 13.0 Å². The van der Waals surface area contributed by atoms with Crippen LogP contribution in [0.4, 0.5) is 8.78 Å². The van der Waals surface area contributed by atoms with Crippen LogP contribution in [0.5, 0.6) is 0 Å². The second-order valence-electron chi connectivity index (χ2n) is 3.39. The van der Waals surface area contributed by atoms with Crippen molar-refractivity contribution in [1.82, 2.24) is 5.32 Å². The third kappa shape index (κ3) is 3.57. The van der Waals surface area contributed by atoms with E-state index < -0.39 is 17.7 Å². The molecule has 2 nitrogen and oxygen atoms in total. The molecule has 2 N–H and O–H groups in total. The number of halogens is 2. The van der Waals surface area contributed by atoms with Crippen molar-refractivity contribution >= 4 is 0 Å². The highest BCUT2D eigenvalue weighted by Crippen LogP contribution is 2.11. The van der Waals surface area contributed by atoms with Gasteiger partial charge in [0.2, 0.25) is 0 Å². The fraction of sp³-hybridized carbons (Fsp3) is 0.455. The van der Waals surface area contributed by atoms with Crippen LogP contribution >= 0.6 is 0 Å². The molecule has 0 aliphatic carbocycles. The Hall–Kier alpha value is -1.00. The lowest BCUT2D eigenvalue weighted by atomic mass is 10.2. The van der Waals surface area contributed by atoms with Gasteiger partial charge < -0.3 is 10.4 Å². The molecule has 1 atom stereocenters. The zero-order chi connectivity index (χ0) is 11.3. The summed E-state index contributed by atoms with van der Waals surface area (Å²) in [5, 5.41) is 12.0. The summed E-state index contributed by atoms with van der Waals surface area (Å²) in [5.41, 5.74) is 0.0146. The molecule has 1 unspecified atom stereocenters. The van der Waals surface area contributed by atoms with Gasteiger partial charge in [-0.3, -0.25) is 0 Å². The van der Waals surface area contributed by atoms with Crippen molar-refractivity contribution in [3.8, 4) is 0 Å². The number of benzene rings is 1. The number of hydrogen-bond acceptors (Lipinski definition) is 2. The predicted octanol–water partition coefficient (Wildman–Crippen LogP) is 1.83. The smallest absolute Gasteiger partial charge is 0.130 e. The Labute approximate surface area is 87.9 Å². The third-order valence-electron chi connectivity index (χ3n) is 2.21. The molecule has 0 spiro atoms. The van der Waals surface area contributed by atoms with Crippen LogP contribution in [-0.4, -0.2) is 17.8 Å². The van der Waals surface area contributed by atoms with Crippen molar-refractivity contribution in [1.29, 1.82) is 0 Å². The summed E-state index contributed by atoms with van der Waals surface area (Å²) in [4.78, 5) is 0. The van der Waals surface area contributed by atoms with Crippen LogP contribution in [0.1, 0.15) is 18.9 Å². The molecular formula is C11H15F2NO. The topological polar surface area (TPSA) is 32.3 Å². The average molecular weight is 215 g/mol. The summed E-state index contributed by atoms with van der Waals surface area (Å²) in [5.74, 6) is -1.12. The Morgan fingerprint density at radius 3 is 2.47 bits per heavy atom. The molecule has 0 radical (unpaired) electrons. The molecule has 0 amide bonds. The van der Waals surface area contributed by atoms with Crippen molar-refractivity contribution in [3.63, 3.8) is 0 Å². The Bertz CT molecular complexity index is 297. The molecule has 0 saturated heterocycles. The van der Waals surface area contributed by atoms with Gasteiger partial charge in [-0.2, -0.15) is 0 Å². The van der Waals surface area contributed by atoms with E-state index in [2.05, 4.69) is 5.32 Å². The Kier molecular flexibility index (Phi) is 4.65. The molecule has 0 fully saturated rings. The molecular weight excluding hydrogens is 200 g/mol. The van der Waals surface area contributed by atoms with Crippen LogP contribution in [0.2, 0.25) is 0 Å². The predicted molar refractivity (Wildman–Crippen MR) is 54.4 cm³/mol. The number of hydrogen-bond donors (Lipinski definition) is 2. The second kappa shape index (κ2) is 5.78. The molecule has 0 aliphatic rings. The van der Waals surface area contributed by atoms with Gasteiger partial charge in [0, 0.05) is 18.7 Å². The van der Waals surface area contributed by atoms with Gasteiger partial charge in [0.05, 0.1) is 6.10 Å². The molecule has 1 rings (SSSR count). The Balaban J connectivity index is 2.50. The lowest BCUT2D eigenvalue weighted by molar-refractivity contribution is 0.167. The van der Waals surface area contributed by atoms with Crippen LogP contribution in [0.25, 0.3) is 0 Å². The molecule has 0 saturated carbocycles. The van der Waals surface area contributed by atoms with Crippen LogP contribution in [0.3, 0.4) is 0 Å². The zero-order valence-electron chi connectivity index (χ0n) is 8.63. The average Bonchev–Trinajstić information content (AvgIpc) is 2.22. The van der Waals surface area contributed by atoms with Crippen LogP contribution in [0.15, 0.2) is 18.2 Å². The molecule has 0 aliphatic heterocycles. The Morgan fingerprint density at radius 1 is 1.33 bits per heavy atom. The van der Waals surface area contributed by atoms with Crippen LogP contribution < -0.4 is 5.32 Å². The van der Waals surface area contributed by atoms with Crippen LogP contribution in [0, 0.1) is 11.6 Å². The van der Waals surface area contributed by atoms with Gasteiger partial charge in [-0.05, 0) is 18.6 Å². The fourth-order valence-electron chi connectivity index (χ4n) is 1.21. The quantitative estimate of drug-likeness (QED) is 0.785. The molecule has 84 valence electrons. The largest absolute Gasteiger partial charge is 0.392 e. The first-order chi connectivity index (χ1) is 7.15. The van der Waals surface area contributed by atoms with Crippen molar-refractivity contribution < 1.29 is 13.9 Å². The molecule has 4 heteroatoms. The maximum Gasteiger partial charge on any atom is 0.130 e. The number of nitrogens with one attached hydrogen (secondary N) is 1. The van der Waals surface area contributed by atoms with Gasteiger partial charge in [-0.1, -0.05) is 13.0 Å². The third-order valence-corrected chi connectivity index (χ3v) is 2.21. The molecule has 1 aromatic rings. The summed E-state index contributed by atoms with van der Waals surface area (Å²) in [6.07, 6.45) is 0.145. The number of aliphatic hydroxyl groups is 1. The van der Waals surface area contributed by atoms with Gasteiger partial charge in [0.1, 0.15) is 11.6 Å². The second-order valence-corrected chi connectivity index (χ2v) is 3.39. The van der Waals surface area contributed by atoms with Crippen molar-refractivity contribution in [2.45, 2.75) is 26.0 Å². The Morgan fingerprint density at radius 2 is 1.93 bits per heavy atom. The molecule has 0 aromatic heterocycles. The highest BCUT2D eigenvalue weighted by Gasteiger charge is 2.08. The standard InChI is InChI=1S/C11H15F2NO/c1-2-8(15)6-14-7-9-10(12)4-3-5-11(9)13/h3-5,8,14-15H,2,6-7H2,1H3. The van der Waals surface area contributed by atoms with Gasteiger partial charge in [0.25, 0.3) is 0 Å². The highest BCUT2D eigenvalue weighted by atomic mass is 19.1. The van der Waals surface area contributed by atoms with E-state index in [1.165, 1.54) is 18.2 Å². The van der Waals surface area contributed by atoms with Crippen molar-refractivity contribution in [2.75, 3.05) is 6.54 Å². The lowest BCUT2D eigenvalue weighted by Gasteiger charge is -2.10. The van der Waals surface area contributed by atoms with E-state index in [1.807, 2.05) is 6.92 Å². The van der Waals surface area contributed by atoms with Gasteiger partial charge in [-0.15, -0.1) is 0 Å². The first-order valence-electron chi connectivity index (χ1n) is 4.96. The molecule has 0 heterocycles. The maximum atomic E-state index is 13.1. The van der Waals surface area contributed by atoms with Gasteiger partial charge >= 0.3 is 0 Å². The number of aliphatic hydroxyl groups excluding tert-OH is 1. The maximum absolute atomic E-state index is 13.1. The monoisotopic (exact) mass is 215 g/mol. The van der Waals surface area contributed by atoms with Crippen molar-refractivity contribution in [3.05, 3.63) is 35.4 Å². The summed E-state index contributed by atoms with van der Waals surface area (Å²) in [7, 11) is 0. The van der Waals surface area contributed by atoms with E-state index in [1.54, 1.807) is 0 Å². The first-order valence-corrected chi connectivity index (χ1v) is 4.96. The first kappa shape index (κ1) is 12.1. The SMILES string of the molecule is CCC(O)CNCc1c(F)cccc1F.